The van der Waals surface area contributed by atoms with E-state index in [1.165, 1.54) is 4.90 Å². The number of aromatic nitrogens is 2. The summed E-state index contributed by atoms with van der Waals surface area (Å²) in [4.78, 5) is 30.5. The molecule has 3 aromatic rings. The van der Waals surface area contributed by atoms with Crippen molar-refractivity contribution < 1.29 is 23.6 Å². The Morgan fingerprint density at radius 2 is 1.76 bits per heavy atom. The number of hydrogen-bond acceptors (Lipinski definition) is 7. The molecule has 0 aliphatic rings. The Morgan fingerprint density at radius 3 is 2.34 bits per heavy atom. The number of ether oxygens (including phenoxy) is 2. The highest BCUT2D eigenvalue weighted by atomic mass is 16.5. The largest absolute Gasteiger partial charge is 0.485 e. The second kappa shape index (κ2) is 9.01. The molecule has 1 heterocycles. The van der Waals surface area contributed by atoms with Gasteiger partial charge in [-0.05, 0) is 24.3 Å². The van der Waals surface area contributed by atoms with E-state index < -0.39 is 12.1 Å². The molecule has 0 radical (unpaired) electrons. The lowest BCUT2D eigenvalue weighted by Crippen LogP contribution is -2.31. The third-order valence-electron chi connectivity index (χ3n) is 4.02. The average Bonchev–Trinajstić information content (AvgIpc) is 3.16. The standard InChI is InChI=1S/C21H21N3O5/c1-14-22-18(23-29-14)13-27-17-11-9-16(10-12-17)21(26)28-19(20(25)24(2)3)15-7-5-4-6-8-15/h4-12,19H,13H2,1-3H3/t19-/m0/s1. The van der Waals surface area contributed by atoms with E-state index in [0.717, 1.165) is 0 Å². The zero-order valence-electron chi connectivity index (χ0n) is 16.4. The summed E-state index contributed by atoms with van der Waals surface area (Å²) in [5.41, 5.74) is 0.912. The van der Waals surface area contributed by atoms with Gasteiger partial charge in [0.1, 0.15) is 5.75 Å². The number of carbonyl (C=O) groups excluding carboxylic acids is 2. The number of nitrogens with zero attached hydrogens (tertiary/aromatic N) is 3. The van der Waals surface area contributed by atoms with Crippen LogP contribution in [0.2, 0.25) is 0 Å². The number of aryl methyl sites for hydroxylation is 1. The fraction of sp³-hybridized carbons (Fsp3) is 0.238. The van der Waals surface area contributed by atoms with E-state index in [1.54, 1.807) is 69.6 Å². The Morgan fingerprint density at radius 1 is 1.07 bits per heavy atom. The molecule has 8 nitrogen and oxygen atoms in total. The van der Waals surface area contributed by atoms with Gasteiger partial charge in [-0.1, -0.05) is 35.5 Å². The van der Waals surface area contributed by atoms with Crippen molar-refractivity contribution in [1.82, 2.24) is 15.0 Å². The van der Waals surface area contributed by atoms with E-state index in [2.05, 4.69) is 10.1 Å². The van der Waals surface area contributed by atoms with E-state index >= 15 is 0 Å². The fourth-order valence-electron chi connectivity index (χ4n) is 2.53. The molecule has 1 atom stereocenters. The highest BCUT2D eigenvalue weighted by Gasteiger charge is 2.27. The van der Waals surface area contributed by atoms with E-state index in [-0.39, 0.29) is 12.5 Å². The van der Waals surface area contributed by atoms with Crippen LogP contribution in [0, 0.1) is 6.92 Å². The zero-order chi connectivity index (χ0) is 20.8. The van der Waals surface area contributed by atoms with Crippen LogP contribution in [-0.2, 0) is 16.1 Å². The molecule has 2 aromatic carbocycles. The minimum absolute atomic E-state index is 0.147. The first-order chi connectivity index (χ1) is 13.9. The number of benzene rings is 2. The first kappa shape index (κ1) is 20.1. The second-order valence-electron chi connectivity index (χ2n) is 6.47. The molecule has 0 aliphatic carbocycles. The van der Waals surface area contributed by atoms with Crippen LogP contribution in [0.3, 0.4) is 0 Å². The Labute approximate surface area is 168 Å². The van der Waals surface area contributed by atoms with Crippen LogP contribution in [0.15, 0.2) is 59.1 Å². The van der Waals surface area contributed by atoms with Gasteiger partial charge in [-0.25, -0.2) is 4.79 Å². The number of rotatable bonds is 7. The Hall–Kier alpha value is -3.68. The van der Waals surface area contributed by atoms with Crippen LogP contribution in [0.25, 0.3) is 0 Å². The lowest BCUT2D eigenvalue weighted by molar-refractivity contribution is -0.138. The molecule has 3 rings (SSSR count). The monoisotopic (exact) mass is 395 g/mol. The predicted octanol–water partition coefficient (Wildman–Crippen LogP) is 2.94. The zero-order valence-corrected chi connectivity index (χ0v) is 16.4. The summed E-state index contributed by atoms with van der Waals surface area (Å²) in [6.45, 7) is 1.84. The Bertz CT molecular complexity index is 967. The van der Waals surface area contributed by atoms with Crippen LogP contribution in [0.4, 0.5) is 0 Å². The number of amides is 1. The van der Waals surface area contributed by atoms with Gasteiger partial charge in [-0.3, -0.25) is 4.79 Å². The number of esters is 1. The quantitative estimate of drug-likeness (QED) is 0.568. The van der Waals surface area contributed by atoms with Crippen molar-refractivity contribution in [3.63, 3.8) is 0 Å². The summed E-state index contributed by atoms with van der Waals surface area (Å²) < 4.78 is 16.0. The van der Waals surface area contributed by atoms with Crippen molar-refractivity contribution in [3.05, 3.63) is 77.4 Å². The molecule has 0 fully saturated rings. The molecule has 0 unspecified atom stereocenters. The summed E-state index contributed by atoms with van der Waals surface area (Å²) in [5.74, 6) is 0.503. The topological polar surface area (TPSA) is 94.8 Å². The minimum atomic E-state index is -1.02. The smallest absolute Gasteiger partial charge is 0.339 e. The molecule has 1 aromatic heterocycles. The van der Waals surface area contributed by atoms with Crippen LogP contribution in [0.1, 0.15) is 33.7 Å². The van der Waals surface area contributed by atoms with Crippen LogP contribution in [0.5, 0.6) is 5.75 Å². The molecule has 29 heavy (non-hydrogen) atoms. The summed E-state index contributed by atoms with van der Waals surface area (Å²) in [5, 5.41) is 3.75. The van der Waals surface area contributed by atoms with Crippen LogP contribution >= 0.6 is 0 Å². The second-order valence-corrected chi connectivity index (χ2v) is 6.47. The molecular formula is C21H21N3O5. The van der Waals surface area contributed by atoms with E-state index in [9.17, 15) is 9.59 Å². The number of likely N-dealkylation sites (N-methyl/N-ethyl adjacent to an activating group) is 1. The fourth-order valence-corrected chi connectivity index (χ4v) is 2.53. The summed E-state index contributed by atoms with van der Waals surface area (Å²) in [6, 6.07) is 15.3. The van der Waals surface area contributed by atoms with Gasteiger partial charge in [0.05, 0.1) is 5.56 Å². The maximum atomic E-state index is 12.6. The molecule has 1 amide bonds. The van der Waals surface area contributed by atoms with Crippen molar-refractivity contribution in [2.75, 3.05) is 14.1 Å². The summed E-state index contributed by atoms with van der Waals surface area (Å²) >= 11 is 0. The van der Waals surface area contributed by atoms with Crippen LogP contribution < -0.4 is 4.74 Å². The molecular weight excluding hydrogens is 374 g/mol. The van der Waals surface area contributed by atoms with Gasteiger partial charge in [-0.2, -0.15) is 4.98 Å². The third-order valence-corrected chi connectivity index (χ3v) is 4.02. The van der Waals surface area contributed by atoms with Gasteiger partial charge < -0.3 is 18.9 Å². The lowest BCUT2D eigenvalue weighted by Gasteiger charge is -2.21. The van der Waals surface area contributed by atoms with Crippen LogP contribution in [-0.4, -0.2) is 41.0 Å². The molecule has 0 bridgehead atoms. The Balaban J connectivity index is 1.67. The van der Waals surface area contributed by atoms with Crippen molar-refractivity contribution in [1.29, 1.82) is 0 Å². The predicted molar refractivity (Wildman–Crippen MR) is 103 cm³/mol. The van der Waals surface area contributed by atoms with Gasteiger partial charge in [-0.15, -0.1) is 0 Å². The van der Waals surface area contributed by atoms with Crippen molar-refractivity contribution in [2.24, 2.45) is 0 Å². The SMILES string of the molecule is Cc1nc(COc2ccc(C(=O)O[C@H](C(=O)N(C)C)c3ccccc3)cc2)no1. The van der Waals surface area contributed by atoms with Crippen molar-refractivity contribution >= 4 is 11.9 Å². The maximum Gasteiger partial charge on any atom is 0.339 e. The molecule has 150 valence electrons. The summed E-state index contributed by atoms with van der Waals surface area (Å²) in [6.07, 6.45) is -1.02. The lowest BCUT2D eigenvalue weighted by atomic mass is 10.1. The van der Waals surface area contributed by atoms with Gasteiger partial charge in [0.2, 0.25) is 17.8 Å². The van der Waals surface area contributed by atoms with E-state index in [4.69, 9.17) is 14.0 Å². The minimum Gasteiger partial charge on any atom is -0.485 e. The Kier molecular flexibility index (Phi) is 6.23. The molecule has 0 saturated heterocycles. The average molecular weight is 395 g/mol. The molecule has 0 saturated carbocycles. The van der Waals surface area contributed by atoms with Crippen molar-refractivity contribution in [3.8, 4) is 5.75 Å². The van der Waals surface area contributed by atoms with Crippen molar-refractivity contribution in [2.45, 2.75) is 19.6 Å². The number of carbonyl (C=O) groups is 2. The van der Waals surface area contributed by atoms with Gasteiger partial charge in [0.25, 0.3) is 5.91 Å². The molecule has 8 heteroatoms. The van der Waals surface area contributed by atoms with Gasteiger partial charge in [0, 0.05) is 26.6 Å². The highest BCUT2D eigenvalue weighted by Crippen LogP contribution is 2.22. The molecule has 0 aliphatic heterocycles. The van der Waals surface area contributed by atoms with Gasteiger partial charge >= 0.3 is 5.97 Å². The van der Waals surface area contributed by atoms with Gasteiger partial charge in [0.15, 0.2) is 6.61 Å². The highest BCUT2D eigenvalue weighted by molar-refractivity contribution is 5.92. The molecule has 0 spiro atoms. The summed E-state index contributed by atoms with van der Waals surface area (Å²) in [7, 11) is 3.23. The van der Waals surface area contributed by atoms with E-state index in [1.807, 2.05) is 6.07 Å². The first-order valence-electron chi connectivity index (χ1n) is 8.93. The normalized spacial score (nSPS) is 11.6. The number of hydrogen-bond donors (Lipinski definition) is 0. The third kappa shape index (κ3) is 5.19. The van der Waals surface area contributed by atoms with E-state index in [0.29, 0.717) is 28.6 Å². The maximum absolute atomic E-state index is 12.6. The molecule has 0 N–H and O–H groups in total. The first-order valence-corrected chi connectivity index (χ1v) is 8.93.